The summed E-state index contributed by atoms with van der Waals surface area (Å²) >= 11 is 2.10. The molecule has 4 rings (SSSR count). The normalized spacial score (nSPS) is 12.4. The van der Waals surface area contributed by atoms with E-state index in [0.29, 0.717) is 9.22 Å². The van der Waals surface area contributed by atoms with Gasteiger partial charge in [0.2, 0.25) is 5.91 Å². The van der Waals surface area contributed by atoms with Crippen molar-refractivity contribution in [2.75, 3.05) is 0 Å². The molecule has 1 heterocycles. The van der Waals surface area contributed by atoms with E-state index in [1.807, 2.05) is 102 Å². The van der Waals surface area contributed by atoms with Crippen LogP contribution in [0, 0.1) is 10.6 Å². The Kier molecular flexibility index (Phi) is 8.64. The van der Waals surface area contributed by atoms with Crippen LogP contribution in [0.5, 0.6) is 5.75 Å². The molecule has 0 spiro atoms. The van der Waals surface area contributed by atoms with Crippen LogP contribution in [-0.2, 0) is 16.0 Å². The number of benzene rings is 3. The van der Waals surface area contributed by atoms with Crippen molar-refractivity contribution in [1.82, 2.24) is 15.1 Å². The average Bonchev–Trinajstić information content (AvgIpc) is 3.18. The number of hydrogen-bond acceptors (Lipinski definition) is 5. The van der Waals surface area contributed by atoms with Gasteiger partial charge in [0, 0.05) is 10.9 Å². The van der Waals surface area contributed by atoms with Gasteiger partial charge in [-0.3, -0.25) is 4.79 Å². The highest BCUT2D eigenvalue weighted by molar-refractivity contribution is 14.1. The van der Waals surface area contributed by atoms with E-state index < -0.39 is 11.7 Å². The minimum atomic E-state index is -0.633. The third kappa shape index (κ3) is 7.17. The number of aromatic nitrogens is 2. The van der Waals surface area contributed by atoms with E-state index in [4.69, 9.17) is 9.47 Å². The van der Waals surface area contributed by atoms with Crippen LogP contribution in [0.15, 0.2) is 66.7 Å². The number of carbonyl (C=O) groups excluding carboxylic acids is 2. The lowest BCUT2D eigenvalue weighted by Gasteiger charge is -2.24. The Morgan fingerprint density at radius 1 is 1.03 bits per heavy atom. The first-order valence-corrected chi connectivity index (χ1v) is 14.0. The number of rotatable bonds is 7. The van der Waals surface area contributed by atoms with Crippen molar-refractivity contribution < 1.29 is 19.1 Å². The Hall–Kier alpha value is -3.40. The predicted octanol–water partition coefficient (Wildman–Crippen LogP) is 6.97. The van der Waals surface area contributed by atoms with Crippen molar-refractivity contribution >= 4 is 45.5 Å². The fraction of sp³-hybridized carbons (Fsp3) is 0.323. The summed E-state index contributed by atoms with van der Waals surface area (Å²) in [5.74, 6) is 0.624. The number of carbonyl (C=O) groups is 2. The molecule has 1 N–H and O–H groups in total. The van der Waals surface area contributed by atoms with Crippen LogP contribution in [-0.4, -0.2) is 33.5 Å². The summed E-state index contributed by atoms with van der Waals surface area (Å²) in [6, 6.07) is 21.1. The predicted molar refractivity (Wildman–Crippen MR) is 161 cm³/mol. The van der Waals surface area contributed by atoms with Gasteiger partial charge in [-0.05, 0) is 99.0 Å². The number of amides is 1. The SMILES string of the molecule is Cc1ccc(C(NC(=O)Cc2ccc3c(c2)c(I)nn3C(=O)OC(C)(C)C)c2ccccc2)c(OC(C)C)c1. The molecular weight excluding hydrogens is 605 g/mol. The third-order valence-corrected chi connectivity index (χ3v) is 6.71. The van der Waals surface area contributed by atoms with Crippen LogP contribution in [0.3, 0.4) is 0 Å². The van der Waals surface area contributed by atoms with Gasteiger partial charge in [0.15, 0.2) is 0 Å². The van der Waals surface area contributed by atoms with Gasteiger partial charge in [0.05, 0.1) is 24.1 Å². The molecular formula is C31H34IN3O4. The number of aryl methyl sites for hydroxylation is 1. The first-order valence-electron chi connectivity index (χ1n) is 12.9. The Morgan fingerprint density at radius 2 is 1.74 bits per heavy atom. The lowest BCUT2D eigenvalue weighted by Crippen LogP contribution is -2.31. The summed E-state index contributed by atoms with van der Waals surface area (Å²) in [4.78, 5) is 26.1. The van der Waals surface area contributed by atoms with Crippen molar-refractivity contribution in [2.45, 2.75) is 65.7 Å². The highest BCUT2D eigenvalue weighted by atomic mass is 127. The zero-order valence-electron chi connectivity index (χ0n) is 23.1. The molecule has 0 saturated carbocycles. The van der Waals surface area contributed by atoms with Crippen molar-refractivity contribution in [3.63, 3.8) is 0 Å². The van der Waals surface area contributed by atoms with Crippen LogP contribution >= 0.6 is 22.6 Å². The summed E-state index contributed by atoms with van der Waals surface area (Å²) in [6.45, 7) is 11.4. The number of halogens is 1. The highest BCUT2D eigenvalue weighted by Crippen LogP contribution is 2.32. The van der Waals surface area contributed by atoms with Crippen LogP contribution in [0.25, 0.3) is 10.9 Å². The van der Waals surface area contributed by atoms with Crippen LogP contribution in [0.1, 0.15) is 62.9 Å². The van der Waals surface area contributed by atoms with E-state index in [1.54, 1.807) is 6.07 Å². The maximum atomic E-state index is 13.4. The monoisotopic (exact) mass is 639 g/mol. The van der Waals surface area contributed by atoms with E-state index in [0.717, 1.165) is 33.4 Å². The van der Waals surface area contributed by atoms with Crippen LogP contribution < -0.4 is 10.1 Å². The first-order chi connectivity index (χ1) is 18.4. The molecule has 1 unspecified atom stereocenters. The topological polar surface area (TPSA) is 82.5 Å². The molecule has 7 nitrogen and oxygen atoms in total. The molecule has 8 heteroatoms. The van der Waals surface area contributed by atoms with E-state index in [-0.39, 0.29) is 24.5 Å². The summed E-state index contributed by atoms with van der Waals surface area (Å²) in [5.41, 5.74) is 3.77. The number of nitrogens with one attached hydrogen (secondary N) is 1. The molecule has 1 amide bonds. The van der Waals surface area contributed by atoms with Crippen molar-refractivity contribution in [3.05, 3.63) is 92.7 Å². The maximum Gasteiger partial charge on any atom is 0.435 e. The Balaban J connectivity index is 1.61. The van der Waals surface area contributed by atoms with Crippen molar-refractivity contribution in [3.8, 4) is 5.75 Å². The number of hydrogen-bond donors (Lipinski definition) is 1. The molecule has 39 heavy (non-hydrogen) atoms. The van der Waals surface area contributed by atoms with Crippen LogP contribution in [0.4, 0.5) is 4.79 Å². The van der Waals surface area contributed by atoms with Gasteiger partial charge in [-0.1, -0.05) is 48.5 Å². The fourth-order valence-electron chi connectivity index (χ4n) is 4.30. The Bertz CT molecular complexity index is 1490. The second kappa shape index (κ2) is 11.8. The summed E-state index contributed by atoms with van der Waals surface area (Å²) in [5, 5.41) is 8.39. The Morgan fingerprint density at radius 3 is 2.41 bits per heavy atom. The first kappa shape index (κ1) is 28.6. The van der Waals surface area contributed by atoms with E-state index in [9.17, 15) is 9.59 Å². The summed E-state index contributed by atoms with van der Waals surface area (Å²) in [7, 11) is 0. The molecule has 204 valence electrons. The molecule has 0 aliphatic rings. The summed E-state index contributed by atoms with van der Waals surface area (Å²) in [6.07, 6.45) is -0.378. The number of nitrogens with zero attached hydrogens (tertiary/aromatic N) is 2. The van der Waals surface area contributed by atoms with E-state index in [2.05, 4.69) is 33.0 Å². The van der Waals surface area contributed by atoms with Gasteiger partial charge in [0.25, 0.3) is 0 Å². The molecule has 0 saturated heterocycles. The van der Waals surface area contributed by atoms with Gasteiger partial charge in [-0.25, -0.2) is 4.79 Å². The zero-order valence-corrected chi connectivity index (χ0v) is 25.3. The second-order valence-electron chi connectivity index (χ2n) is 10.8. The second-order valence-corrected chi connectivity index (χ2v) is 11.9. The quantitative estimate of drug-likeness (QED) is 0.221. The standard InChI is InChI=1S/C31H34IN3O4/c1-19(2)38-26-16-20(3)12-14-23(26)28(22-10-8-7-9-11-22)33-27(36)18-21-13-15-25-24(17-21)29(32)34-35(25)30(37)39-31(4,5)6/h7-17,19,28H,18H2,1-6H3,(H,33,36). The van der Waals surface area contributed by atoms with Gasteiger partial charge < -0.3 is 14.8 Å². The molecule has 0 aliphatic heterocycles. The minimum absolute atomic E-state index is 0.00605. The molecule has 0 radical (unpaired) electrons. The largest absolute Gasteiger partial charge is 0.491 e. The average molecular weight is 640 g/mol. The number of ether oxygens (including phenoxy) is 2. The van der Waals surface area contributed by atoms with Crippen LogP contribution in [0.2, 0.25) is 0 Å². The van der Waals surface area contributed by atoms with Crippen molar-refractivity contribution in [2.24, 2.45) is 0 Å². The molecule has 0 bridgehead atoms. The molecule has 0 fully saturated rings. The van der Waals surface area contributed by atoms with Gasteiger partial charge in [-0.15, -0.1) is 0 Å². The summed E-state index contributed by atoms with van der Waals surface area (Å²) < 4.78 is 13.6. The van der Waals surface area contributed by atoms with Crippen molar-refractivity contribution in [1.29, 1.82) is 0 Å². The Labute approximate surface area is 243 Å². The molecule has 3 aromatic carbocycles. The minimum Gasteiger partial charge on any atom is -0.491 e. The highest BCUT2D eigenvalue weighted by Gasteiger charge is 2.24. The lowest BCUT2D eigenvalue weighted by molar-refractivity contribution is -0.120. The zero-order chi connectivity index (χ0) is 28.3. The van der Waals surface area contributed by atoms with Gasteiger partial charge >= 0.3 is 6.09 Å². The third-order valence-electron chi connectivity index (χ3n) is 5.91. The molecule has 0 aliphatic carbocycles. The van der Waals surface area contributed by atoms with Gasteiger partial charge in [0.1, 0.15) is 15.1 Å². The lowest BCUT2D eigenvalue weighted by atomic mass is 9.96. The maximum absolute atomic E-state index is 13.4. The fourth-order valence-corrected chi connectivity index (χ4v) is 4.95. The van der Waals surface area contributed by atoms with E-state index in [1.165, 1.54) is 4.68 Å². The molecule has 1 aromatic heterocycles. The van der Waals surface area contributed by atoms with Gasteiger partial charge in [-0.2, -0.15) is 9.78 Å². The smallest absolute Gasteiger partial charge is 0.435 e. The molecule has 1 atom stereocenters. The van der Waals surface area contributed by atoms with E-state index >= 15 is 0 Å². The number of fused-ring (bicyclic) bond motifs is 1. The molecule has 4 aromatic rings.